The highest BCUT2D eigenvalue weighted by molar-refractivity contribution is 6.11. The van der Waals surface area contributed by atoms with E-state index >= 15 is 0 Å². The van der Waals surface area contributed by atoms with Crippen molar-refractivity contribution in [2.45, 2.75) is 26.0 Å². The monoisotopic (exact) mass is 536 g/mol. The highest BCUT2D eigenvalue weighted by Gasteiger charge is 2.51. The van der Waals surface area contributed by atoms with Crippen molar-refractivity contribution in [2.75, 3.05) is 37.7 Å². The smallest absolute Gasteiger partial charge is 0.194 e. The summed E-state index contributed by atoms with van der Waals surface area (Å²) < 4.78 is 41.4. The lowest BCUT2D eigenvalue weighted by Crippen LogP contribution is -2.72. The molecular formula is C28H27F3N6O2. The molecule has 0 unspecified atom stereocenters. The fourth-order valence-electron chi connectivity index (χ4n) is 4.93. The first-order chi connectivity index (χ1) is 18.5. The van der Waals surface area contributed by atoms with E-state index in [9.17, 15) is 18.3 Å². The Morgan fingerprint density at radius 3 is 2.44 bits per heavy atom. The van der Waals surface area contributed by atoms with E-state index in [-0.39, 0.29) is 29.0 Å². The Kier molecular flexibility index (Phi) is 7.01. The number of pyridine rings is 2. The number of aliphatic hydroxyl groups is 1. The van der Waals surface area contributed by atoms with E-state index in [0.29, 0.717) is 12.1 Å². The van der Waals surface area contributed by atoms with E-state index in [1.807, 2.05) is 12.1 Å². The molecule has 2 aliphatic rings. The van der Waals surface area contributed by atoms with Crippen molar-refractivity contribution < 1.29 is 23.1 Å². The fourth-order valence-corrected chi connectivity index (χ4v) is 4.93. The highest BCUT2D eigenvalue weighted by Crippen LogP contribution is 2.42. The third-order valence-corrected chi connectivity index (χ3v) is 6.69. The fraction of sp³-hybridized carbons (Fsp3) is 0.357. The first-order valence-electron chi connectivity index (χ1n) is 12.4. The second-order valence-corrected chi connectivity index (χ2v) is 10.9. The molecule has 0 aliphatic carbocycles. The first-order valence-corrected chi connectivity index (χ1v) is 12.4. The van der Waals surface area contributed by atoms with E-state index in [2.05, 4.69) is 31.0 Å². The van der Waals surface area contributed by atoms with Crippen LogP contribution in [0, 0.1) is 34.2 Å². The molecule has 2 aromatic heterocycles. The molecule has 1 spiro atoms. The van der Waals surface area contributed by atoms with Crippen molar-refractivity contribution in [1.82, 2.24) is 14.9 Å². The van der Waals surface area contributed by atoms with Crippen molar-refractivity contribution in [3.8, 4) is 6.07 Å². The number of hydrogen-bond donors (Lipinski definition) is 1. The van der Waals surface area contributed by atoms with Crippen LogP contribution in [0.25, 0.3) is 0 Å². The molecule has 3 aromatic rings. The number of nitrogens with zero attached hydrogens (tertiary/aromatic N) is 6. The summed E-state index contributed by atoms with van der Waals surface area (Å²) in [5.74, 6) is -4.28. The molecule has 2 fully saturated rings. The van der Waals surface area contributed by atoms with E-state index in [1.54, 1.807) is 24.7 Å². The average Bonchev–Trinajstić information content (AvgIpc) is 2.85. The number of anilines is 1. The molecule has 1 aromatic carbocycles. The number of likely N-dealkylation sites (tertiary alicyclic amines) is 1. The third-order valence-electron chi connectivity index (χ3n) is 6.69. The lowest BCUT2D eigenvalue weighted by molar-refractivity contribution is -0.0274. The van der Waals surface area contributed by atoms with Gasteiger partial charge in [-0.3, -0.25) is 14.9 Å². The lowest BCUT2D eigenvalue weighted by Gasteiger charge is -2.61. The average molecular weight is 537 g/mol. The van der Waals surface area contributed by atoms with Gasteiger partial charge in [0.25, 0.3) is 0 Å². The van der Waals surface area contributed by atoms with Gasteiger partial charge >= 0.3 is 0 Å². The normalized spacial score (nSPS) is 16.9. The van der Waals surface area contributed by atoms with Crippen molar-refractivity contribution in [1.29, 1.82) is 5.26 Å². The number of hydrogen-bond acceptors (Lipinski definition) is 8. The van der Waals surface area contributed by atoms with Gasteiger partial charge in [-0.1, -0.05) is 11.2 Å². The van der Waals surface area contributed by atoms with Crippen LogP contribution in [0.2, 0.25) is 0 Å². The quantitative estimate of drug-likeness (QED) is 0.267. The molecule has 1 N–H and O–H groups in total. The Balaban J connectivity index is 1.23. The van der Waals surface area contributed by atoms with Crippen molar-refractivity contribution >= 4 is 11.4 Å². The van der Waals surface area contributed by atoms with Crippen LogP contribution in [0.3, 0.4) is 0 Å². The molecule has 5 rings (SSSR count). The van der Waals surface area contributed by atoms with E-state index < -0.39 is 23.1 Å². The summed E-state index contributed by atoms with van der Waals surface area (Å²) in [5.41, 5.74) is 1.74. The van der Waals surface area contributed by atoms with Gasteiger partial charge in [-0.2, -0.15) is 5.26 Å². The SMILES string of the molecule is CC(C)(O)CO/N=C(\c1cc(F)c(F)c(F)c1)c1ccc(CN2CC3(C2)CN(c2cncc(C#N)c2)C3)cn1. The summed E-state index contributed by atoms with van der Waals surface area (Å²) in [6.07, 6.45) is 4.99. The van der Waals surface area contributed by atoms with Gasteiger partial charge in [-0.15, -0.1) is 0 Å². The molecule has 4 heterocycles. The van der Waals surface area contributed by atoms with Gasteiger partial charge in [0.15, 0.2) is 17.5 Å². The Bertz CT molecular complexity index is 1410. The molecule has 2 saturated heterocycles. The van der Waals surface area contributed by atoms with E-state index in [0.717, 1.165) is 49.6 Å². The van der Waals surface area contributed by atoms with Crippen LogP contribution in [0.5, 0.6) is 0 Å². The molecular weight excluding hydrogens is 509 g/mol. The molecule has 39 heavy (non-hydrogen) atoms. The molecule has 0 amide bonds. The summed E-state index contributed by atoms with van der Waals surface area (Å²) in [7, 11) is 0. The van der Waals surface area contributed by atoms with Gasteiger partial charge in [0.1, 0.15) is 18.4 Å². The summed E-state index contributed by atoms with van der Waals surface area (Å²) in [6, 6.07) is 9.14. The van der Waals surface area contributed by atoms with Crippen LogP contribution in [0.1, 0.15) is 36.2 Å². The van der Waals surface area contributed by atoms with Gasteiger partial charge in [-0.05, 0) is 43.7 Å². The molecule has 202 valence electrons. The minimum Gasteiger partial charge on any atom is -0.392 e. The van der Waals surface area contributed by atoms with Gasteiger partial charge < -0.3 is 14.8 Å². The molecule has 0 saturated carbocycles. The van der Waals surface area contributed by atoms with Crippen LogP contribution >= 0.6 is 0 Å². The maximum Gasteiger partial charge on any atom is 0.194 e. The van der Waals surface area contributed by atoms with E-state index in [1.165, 1.54) is 13.8 Å². The van der Waals surface area contributed by atoms with Crippen LogP contribution < -0.4 is 4.90 Å². The molecule has 2 aliphatic heterocycles. The van der Waals surface area contributed by atoms with Crippen LogP contribution in [-0.4, -0.2) is 64.1 Å². The van der Waals surface area contributed by atoms with Crippen molar-refractivity contribution in [3.05, 3.63) is 88.8 Å². The van der Waals surface area contributed by atoms with Gasteiger partial charge in [0.2, 0.25) is 0 Å². The van der Waals surface area contributed by atoms with Gasteiger partial charge in [0.05, 0.1) is 28.7 Å². The zero-order chi connectivity index (χ0) is 27.8. The highest BCUT2D eigenvalue weighted by atomic mass is 19.2. The lowest BCUT2D eigenvalue weighted by atomic mass is 9.72. The summed E-state index contributed by atoms with van der Waals surface area (Å²) in [5, 5.41) is 22.9. The Morgan fingerprint density at radius 2 is 1.82 bits per heavy atom. The second-order valence-electron chi connectivity index (χ2n) is 10.9. The summed E-state index contributed by atoms with van der Waals surface area (Å²) in [6.45, 7) is 7.24. The minimum absolute atomic E-state index is 0.0102. The molecule has 11 heteroatoms. The first kappa shape index (κ1) is 26.6. The Labute approximate surface area is 224 Å². The molecule has 0 bridgehead atoms. The number of benzene rings is 1. The van der Waals surface area contributed by atoms with Crippen molar-refractivity contribution in [2.24, 2.45) is 10.6 Å². The summed E-state index contributed by atoms with van der Waals surface area (Å²) >= 11 is 0. The predicted octanol–water partition coefficient (Wildman–Crippen LogP) is 3.63. The number of oxime groups is 1. The summed E-state index contributed by atoms with van der Waals surface area (Å²) in [4.78, 5) is 18.3. The Hall–Kier alpha value is -4.01. The Morgan fingerprint density at radius 1 is 1.10 bits per heavy atom. The van der Waals surface area contributed by atoms with Crippen molar-refractivity contribution in [3.63, 3.8) is 0 Å². The minimum atomic E-state index is -1.58. The molecule has 0 atom stereocenters. The molecule has 8 nitrogen and oxygen atoms in total. The third kappa shape index (κ3) is 5.87. The van der Waals surface area contributed by atoms with Crippen LogP contribution in [0.15, 0.2) is 54.1 Å². The largest absolute Gasteiger partial charge is 0.392 e. The van der Waals surface area contributed by atoms with Crippen LogP contribution in [-0.2, 0) is 11.4 Å². The number of halogens is 3. The number of rotatable bonds is 8. The number of aromatic nitrogens is 2. The molecule has 0 radical (unpaired) electrons. The van der Waals surface area contributed by atoms with Gasteiger partial charge in [-0.25, -0.2) is 13.2 Å². The maximum absolute atomic E-state index is 13.9. The second kappa shape index (κ2) is 10.3. The standard InChI is InChI=1S/C28H27F3N6O2/c1-27(2,38)17-39-35-26(20-6-22(29)25(31)23(30)7-20)24-4-3-18(10-34-24)12-36-13-28(14-36)15-37(16-28)21-5-19(8-32)9-33-11-21/h3-7,9-11,38H,12-17H2,1-2H3/b35-26+. The topological polar surface area (TPSA) is 97.9 Å². The van der Waals surface area contributed by atoms with Gasteiger partial charge in [0, 0.05) is 56.1 Å². The van der Waals surface area contributed by atoms with Crippen LogP contribution in [0.4, 0.5) is 18.9 Å². The van der Waals surface area contributed by atoms with E-state index in [4.69, 9.17) is 10.1 Å². The predicted molar refractivity (Wildman–Crippen MR) is 137 cm³/mol. The zero-order valence-electron chi connectivity index (χ0n) is 21.5. The maximum atomic E-state index is 13.9. The number of nitriles is 1. The zero-order valence-corrected chi connectivity index (χ0v) is 21.5.